The first-order chi connectivity index (χ1) is 13.7. The van der Waals surface area contributed by atoms with Crippen molar-refractivity contribution in [1.29, 1.82) is 0 Å². The van der Waals surface area contributed by atoms with Gasteiger partial charge in [-0.3, -0.25) is 15.2 Å². The topological polar surface area (TPSA) is 74.2 Å². The molecule has 1 aliphatic heterocycles. The number of aromatic nitrogens is 3. The molecule has 2 amide bonds. The summed E-state index contributed by atoms with van der Waals surface area (Å²) >= 11 is 1.52. The Bertz CT molecular complexity index is 768. The first-order valence-corrected chi connectivity index (χ1v) is 11.0. The van der Waals surface area contributed by atoms with Gasteiger partial charge in [-0.25, -0.2) is 4.79 Å². The Hall–Kier alpha value is -2.06. The van der Waals surface area contributed by atoms with Crippen LogP contribution in [-0.4, -0.2) is 57.2 Å². The normalized spacial score (nSPS) is 19.7. The number of hydrogen-bond donors (Lipinski definition) is 1. The highest BCUT2D eigenvalue weighted by Crippen LogP contribution is 2.29. The van der Waals surface area contributed by atoms with Gasteiger partial charge in [-0.15, -0.1) is 10.2 Å². The van der Waals surface area contributed by atoms with Crippen molar-refractivity contribution in [3.63, 3.8) is 0 Å². The average molecular weight is 401 g/mol. The third-order valence-corrected chi connectivity index (χ3v) is 6.80. The van der Waals surface area contributed by atoms with Crippen molar-refractivity contribution in [3.05, 3.63) is 35.1 Å². The highest BCUT2D eigenvalue weighted by molar-refractivity contribution is 7.15. The molecule has 2 fully saturated rings. The number of amides is 2. The van der Waals surface area contributed by atoms with Crippen LogP contribution in [0.4, 0.5) is 9.93 Å². The zero-order chi connectivity index (χ0) is 19.3. The molecule has 2 aliphatic rings. The van der Waals surface area contributed by atoms with Crippen LogP contribution in [0.25, 0.3) is 0 Å². The lowest BCUT2D eigenvalue weighted by atomic mass is 10.1. The summed E-state index contributed by atoms with van der Waals surface area (Å²) in [6.45, 7) is 5.33. The Labute approximate surface area is 170 Å². The second-order valence-electron chi connectivity index (χ2n) is 7.77. The van der Waals surface area contributed by atoms with E-state index in [1.54, 1.807) is 6.20 Å². The van der Waals surface area contributed by atoms with E-state index >= 15 is 0 Å². The minimum atomic E-state index is -0.0720. The number of nitrogens with zero attached hydrogens (tertiary/aromatic N) is 5. The molecule has 0 radical (unpaired) electrons. The summed E-state index contributed by atoms with van der Waals surface area (Å²) in [5.41, 5.74) is 1.21. The molecule has 150 valence electrons. The molecule has 28 heavy (non-hydrogen) atoms. The molecule has 1 aliphatic carbocycles. The number of carbonyl (C=O) groups excluding carboxylic acids is 1. The van der Waals surface area contributed by atoms with Crippen LogP contribution in [0.1, 0.15) is 49.2 Å². The summed E-state index contributed by atoms with van der Waals surface area (Å²) in [6.07, 6.45) is 9.97. The standard InChI is InChI=1S/C20H28N6OS/c1-15(17-7-4-8-21-14-17)25-9-11-26(12-10-25)20(27)22-19-24-23-18(28-19)13-16-5-2-3-6-16/h4,7-8,14-16H,2-3,5-6,9-13H2,1H3,(H,22,24,27). The number of hydrogen-bond acceptors (Lipinski definition) is 6. The van der Waals surface area contributed by atoms with E-state index in [1.807, 2.05) is 17.2 Å². The van der Waals surface area contributed by atoms with Crippen LogP contribution in [0.5, 0.6) is 0 Å². The Balaban J connectivity index is 1.25. The molecule has 1 N–H and O–H groups in total. The Kier molecular flexibility index (Phi) is 6.17. The largest absolute Gasteiger partial charge is 0.323 e. The van der Waals surface area contributed by atoms with E-state index < -0.39 is 0 Å². The fourth-order valence-corrected chi connectivity index (χ4v) is 5.01. The van der Waals surface area contributed by atoms with Crippen LogP contribution in [0, 0.1) is 5.92 Å². The van der Waals surface area contributed by atoms with Crippen LogP contribution < -0.4 is 5.32 Å². The fourth-order valence-electron chi connectivity index (χ4n) is 4.16. The van der Waals surface area contributed by atoms with Crippen LogP contribution in [0.2, 0.25) is 0 Å². The molecule has 2 aromatic rings. The molecule has 1 atom stereocenters. The van der Waals surface area contributed by atoms with Crippen LogP contribution >= 0.6 is 11.3 Å². The quantitative estimate of drug-likeness (QED) is 0.830. The van der Waals surface area contributed by atoms with Gasteiger partial charge in [0.15, 0.2) is 0 Å². The van der Waals surface area contributed by atoms with E-state index in [4.69, 9.17) is 0 Å². The van der Waals surface area contributed by atoms with E-state index in [9.17, 15) is 4.79 Å². The molecule has 2 aromatic heterocycles. The van der Waals surface area contributed by atoms with E-state index in [1.165, 1.54) is 42.6 Å². The summed E-state index contributed by atoms with van der Waals surface area (Å²) in [7, 11) is 0. The van der Waals surface area contributed by atoms with Gasteiger partial charge in [0.2, 0.25) is 5.13 Å². The predicted octanol–water partition coefficient (Wildman–Crippen LogP) is 3.58. The van der Waals surface area contributed by atoms with Gasteiger partial charge < -0.3 is 4.90 Å². The smallest absolute Gasteiger partial charge is 0.322 e. The maximum Gasteiger partial charge on any atom is 0.323 e. The third-order valence-electron chi connectivity index (χ3n) is 5.93. The Morgan fingerprint density at radius 3 is 2.75 bits per heavy atom. The van der Waals surface area contributed by atoms with Gasteiger partial charge in [0.05, 0.1) is 0 Å². The lowest BCUT2D eigenvalue weighted by molar-refractivity contribution is 0.119. The van der Waals surface area contributed by atoms with Gasteiger partial charge in [-0.05, 0) is 24.5 Å². The molecule has 4 rings (SSSR count). The van der Waals surface area contributed by atoms with E-state index in [2.05, 4.69) is 38.4 Å². The van der Waals surface area contributed by atoms with Crippen molar-refractivity contribution in [3.8, 4) is 0 Å². The minimum Gasteiger partial charge on any atom is -0.322 e. The van der Waals surface area contributed by atoms with E-state index in [-0.39, 0.29) is 6.03 Å². The molecular weight excluding hydrogens is 372 g/mol. The second-order valence-corrected chi connectivity index (χ2v) is 8.83. The molecular formula is C20H28N6OS. The van der Waals surface area contributed by atoms with E-state index in [0.717, 1.165) is 30.4 Å². The predicted molar refractivity (Wildman–Crippen MR) is 110 cm³/mol. The fraction of sp³-hybridized carbons (Fsp3) is 0.600. The first-order valence-electron chi connectivity index (χ1n) is 10.2. The number of anilines is 1. The first kappa shape index (κ1) is 19.3. The summed E-state index contributed by atoms with van der Waals surface area (Å²) in [5, 5.41) is 13.0. The van der Waals surface area contributed by atoms with Gasteiger partial charge in [0.1, 0.15) is 5.01 Å². The maximum absolute atomic E-state index is 12.6. The lowest BCUT2D eigenvalue weighted by Crippen LogP contribution is -2.50. The van der Waals surface area contributed by atoms with Crippen molar-refractivity contribution in [1.82, 2.24) is 25.0 Å². The van der Waals surface area contributed by atoms with Crippen molar-refractivity contribution >= 4 is 22.5 Å². The highest BCUT2D eigenvalue weighted by atomic mass is 32.1. The van der Waals surface area contributed by atoms with Crippen molar-refractivity contribution in [2.45, 2.75) is 45.1 Å². The molecule has 8 heteroatoms. The average Bonchev–Trinajstić information content (AvgIpc) is 3.41. The molecule has 0 aromatic carbocycles. The number of carbonyl (C=O) groups is 1. The van der Waals surface area contributed by atoms with Gasteiger partial charge in [-0.1, -0.05) is 43.1 Å². The lowest BCUT2D eigenvalue weighted by Gasteiger charge is -2.37. The van der Waals surface area contributed by atoms with Crippen molar-refractivity contribution in [2.24, 2.45) is 5.92 Å². The molecule has 7 nitrogen and oxygen atoms in total. The number of rotatable bonds is 5. The van der Waals surface area contributed by atoms with Crippen LogP contribution in [0.15, 0.2) is 24.5 Å². The maximum atomic E-state index is 12.6. The third kappa shape index (κ3) is 4.67. The monoisotopic (exact) mass is 400 g/mol. The van der Waals surface area contributed by atoms with E-state index in [0.29, 0.717) is 24.3 Å². The zero-order valence-corrected chi connectivity index (χ0v) is 17.2. The Morgan fingerprint density at radius 1 is 1.25 bits per heavy atom. The number of piperazine rings is 1. The summed E-state index contributed by atoms with van der Waals surface area (Å²) in [4.78, 5) is 21.1. The van der Waals surface area contributed by atoms with Crippen LogP contribution in [0.3, 0.4) is 0 Å². The van der Waals surface area contributed by atoms with Crippen molar-refractivity contribution in [2.75, 3.05) is 31.5 Å². The molecule has 0 bridgehead atoms. The number of pyridine rings is 1. The molecule has 1 saturated carbocycles. The zero-order valence-electron chi connectivity index (χ0n) is 16.4. The Morgan fingerprint density at radius 2 is 2.04 bits per heavy atom. The second kappa shape index (κ2) is 8.96. The summed E-state index contributed by atoms with van der Waals surface area (Å²) in [6, 6.07) is 4.31. The van der Waals surface area contributed by atoms with Crippen molar-refractivity contribution < 1.29 is 4.79 Å². The van der Waals surface area contributed by atoms with Gasteiger partial charge in [-0.2, -0.15) is 0 Å². The molecule has 3 heterocycles. The highest BCUT2D eigenvalue weighted by Gasteiger charge is 2.25. The molecule has 0 spiro atoms. The molecule has 1 unspecified atom stereocenters. The number of urea groups is 1. The molecule has 1 saturated heterocycles. The number of nitrogens with one attached hydrogen (secondary N) is 1. The minimum absolute atomic E-state index is 0.0720. The summed E-state index contributed by atoms with van der Waals surface area (Å²) in [5.74, 6) is 0.742. The SMILES string of the molecule is CC(c1cccnc1)N1CCN(C(=O)Nc2nnc(CC3CCCC3)s2)CC1. The summed E-state index contributed by atoms with van der Waals surface area (Å²) < 4.78 is 0. The van der Waals surface area contributed by atoms with Gasteiger partial charge >= 0.3 is 6.03 Å². The van der Waals surface area contributed by atoms with Gasteiger partial charge in [0, 0.05) is 51.0 Å². The van der Waals surface area contributed by atoms with Gasteiger partial charge in [0.25, 0.3) is 0 Å². The van der Waals surface area contributed by atoms with Crippen LogP contribution in [-0.2, 0) is 6.42 Å².